The van der Waals surface area contributed by atoms with E-state index in [0.29, 0.717) is 40.3 Å². The maximum absolute atomic E-state index is 13.9. The van der Waals surface area contributed by atoms with Crippen molar-refractivity contribution in [1.29, 1.82) is 0 Å². The molecule has 3 aromatic carbocycles. The van der Waals surface area contributed by atoms with E-state index < -0.39 is 23.8 Å². The number of hydrogen-bond donors (Lipinski definition) is 2. The Morgan fingerprint density at radius 1 is 1.00 bits per heavy atom. The lowest BCUT2D eigenvalue weighted by Crippen LogP contribution is -2.41. The summed E-state index contributed by atoms with van der Waals surface area (Å²) < 4.78 is 44.2. The van der Waals surface area contributed by atoms with E-state index in [2.05, 4.69) is 10.6 Å². The number of benzene rings is 3. The third-order valence-corrected chi connectivity index (χ3v) is 8.23. The highest BCUT2D eigenvalue weighted by Gasteiger charge is 2.38. The number of rotatable bonds is 13. The van der Waals surface area contributed by atoms with Gasteiger partial charge in [0.2, 0.25) is 0 Å². The zero-order valence-corrected chi connectivity index (χ0v) is 26.3. The van der Waals surface area contributed by atoms with Gasteiger partial charge >= 0.3 is 6.09 Å². The topological polar surface area (TPSA) is 123 Å². The lowest BCUT2D eigenvalue weighted by molar-refractivity contribution is -0.122. The van der Waals surface area contributed by atoms with Crippen molar-refractivity contribution in [3.8, 4) is 17.2 Å². The van der Waals surface area contributed by atoms with E-state index in [9.17, 15) is 28.0 Å². The van der Waals surface area contributed by atoms with Gasteiger partial charge in [0.1, 0.15) is 35.7 Å². The first-order chi connectivity index (χ1) is 22.6. The Bertz CT molecular complexity index is 1640. The molecule has 3 aromatic rings. The molecule has 0 bridgehead atoms. The predicted molar refractivity (Wildman–Crippen MR) is 169 cm³/mol. The number of carbonyl (C=O) groups is 4. The van der Waals surface area contributed by atoms with E-state index in [-0.39, 0.29) is 55.3 Å². The molecule has 2 aliphatic rings. The van der Waals surface area contributed by atoms with Crippen LogP contribution >= 0.6 is 0 Å². The van der Waals surface area contributed by atoms with Crippen molar-refractivity contribution in [2.45, 2.75) is 71.2 Å². The fourth-order valence-electron chi connectivity index (χ4n) is 5.64. The van der Waals surface area contributed by atoms with Crippen LogP contribution in [0.1, 0.15) is 67.4 Å². The van der Waals surface area contributed by atoms with Gasteiger partial charge in [0.15, 0.2) is 17.4 Å². The smallest absolute Gasteiger partial charge is 0.411 e. The van der Waals surface area contributed by atoms with E-state index in [4.69, 9.17) is 14.2 Å². The minimum atomic E-state index is -1.03. The van der Waals surface area contributed by atoms with E-state index in [0.717, 1.165) is 38.1 Å². The number of fused-ring (bicyclic) bond motifs is 1. The van der Waals surface area contributed by atoms with Gasteiger partial charge in [-0.3, -0.25) is 19.7 Å². The van der Waals surface area contributed by atoms with Gasteiger partial charge in [-0.25, -0.2) is 13.6 Å². The molecule has 1 unspecified atom stereocenters. The molecule has 2 amide bonds. The minimum Gasteiger partial charge on any atom is -0.489 e. The van der Waals surface area contributed by atoms with Crippen LogP contribution in [0, 0.1) is 11.6 Å². The summed E-state index contributed by atoms with van der Waals surface area (Å²) >= 11 is 0. The van der Waals surface area contributed by atoms with Gasteiger partial charge in [0, 0.05) is 36.7 Å². The molecule has 0 spiro atoms. The van der Waals surface area contributed by atoms with Gasteiger partial charge in [-0.05, 0) is 81.2 Å². The van der Waals surface area contributed by atoms with Crippen LogP contribution in [0.3, 0.4) is 0 Å². The number of ether oxygens (including phenoxy) is 3. The average molecular weight is 650 g/mol. The number of nitrogens with one attached hydrogen (secondary N) is 2. The molecule has 248 valence electrons. The van der Waals surface area contributed by atoms with Gasteiger partial charge in [-0.1, -0.05) is 19.1 Å². The minimum absolute atomic E-state index is 0.0269. The third-order valence-electron chi connectivity index (χ3n) is 8.23. The van der Waals surface area contributed by atoms with Gasteiger partial charge in [-0.15, -0.1) is 0 Å². The number of Topliss-reactive ketones (excluding diaryl/α,β-unsaturated/α-hetero) is 2. The fraction of sp³-hybridized carbons (Fsp3) is 0.371. The number of amides is 2. The molecule has 2 N–H and O–H groups in total. The lowest BCUT2D eigenvalue weighted by Gasteiger charge is -2.27. The SMILES string of the molecule is CCC(=O)CCC(C(C)=O)N1Cc2ccc(COC(=O)Nc3ccc(Oc4ccc(F)c(F)c4)cc3)c(OC3CCNCC3)c2C1=O. The van der Waals surface area contributed by atoms with Crippen LogP contribution in [0.2, 0.25) is 0 Å². The molecule has 10 nitrogen and oxygen atoms in total. The molecule has 0 saturated carbocycles. The van der Waals surface area contributed by atoms with Crippen molar-refractivity contribution >= 4 is 29.3 Å². The van der Waals surface area contributed by atoms with Crippen LogP contribution in [0.25, 0.3) is 0 Å². The summed E-state index contributed by atoms with van der Waals surface area (Å²) in [7, 11) is 0. The highest BCUT2D eigenvalue weighted by atomic mass is 19.2. The first kappa shape index (κ1) is 33.5. The third kappa shape index (κ3) is 8.31. The van der Waals surface area contributed by atoms with Crippen molar-refractivity contribution in [2.75, 3.05) is 18.4 Å². The summed E-state index contributed by atoms with van der Waals surface area (Å²) in [6.45, 7) is 4.73. The van der Waals surface area contributed by atoms with Crippen LogP contribution in [-0.4, -0.2) is 53.7 Å². The molecule has 1 fully saturated rings. The molecule has 2 heterocycles. The highest BCUT2D eigenvalue weighted by Crippen LogP contribution is 2.37. The van der Waals surface area contributed by atoms with E-state index in [1.807, 2.05) is 0 Å². The maximum atomic E-state index is 13.9. The highest BCUT2D eigenvalue weighted by molar-refractivity contribution is 6.03. The summed E-state index contributed by atoms with van der Waals surface area (Å²) in [5.41, 5.74) is 1.94. The van der Waals surface area contributed by atoms with Crippen LogP contribution in [-0.2, 0) is 27.5 Å². The summed E-state index contributed by atoms with van der Waals surface area (Å²) in [5.74, 6) is -1.74. The number of piperidine rings is 1. The summed E-state index contributed by atoms with van der Waals surface area (Å²) in [5, 5.41) is 5.92. The second kappa shape index (κ2) is 15.2. The second-order valence-electron chi connectivity index (χ2n) is 11.5. The Morgan fingerprint density at radius 2 is 1.72 bits per heavy atom. The average Bonchev–Trinajstić information content (AvgIpc) is 3.39. The van der Waals surface area contributed by atoms with Crippen molar-refractivity contribution < 1.29 is 42.2 Å². The summed E-state index contributed by atoms with van der Waals surface area (Å²) in [6, 6.07) is 12.2. The van der Waals surface area contributed by atoms with Crippen molar-refractivity contribution in [3.05, 3.63) is 82.9 Å². The number of nitrogens with zero attached hydrogens (tertiary/aromatic N) is 1. The molecule has 0 aliphatic carbocycles. The second-order valence-corrected chi connectivity index (χ2v) is 11.5. The van der Waals surface area contributed by atoms with Crippen molar-refractivity contribution in [2.24, 2.45) is 0 Å². The molecule has 47 heavy (non-hydrogen) atoms. The molecule has 2 aliphatic heterocycles. The molecular weight excluding hydrogens is 612 g/mol. The largest absolute Gasteiger partial charge is 0.489 e. The normalized spacial score (nSPS) is 15.1. The predicted octanol–water partition coefficient (Wildman–Crippen LogP) is 6.31. The van der Waals surface area contributed by atoms with Gasteiger partial charge < -0.3 is 24.4 Å². The Morgan fingerprint density at radius 3 is 2.40 bits per heavy atom. The maximum Gasteiger partial charge on any atom is 0.411 e. The first-order valence-electron chi connectivity index (χ1n) is 15.6. The number of hydrogen-bond acceptors (Lipinski definition) is 8. The number of anilines is 1. The van der Waals surface area contributed by atoms with Gasteiger partial charge in [0.05, 0.1) is 11.6 Å². The van der Waals surface area contributed by atoms with Gasteiger partial charge in [0.25, 0.3) is 5.91 Å². The molecule has 0 aromatic heterocycles. The Balaban J connectivity index is 1.28. The van der Waals surface area contributed by atoms with E-state index in [1.54, 1.807) is 43.3 Å². The van der Waals surface area contributed by atoms with Crippen LogP contribution < -0.4 is 20.1 Å². The molecular formula is C35H37F2N3O7. The monoisotopic (exact) mass is 649 g/mol. The van der Waals surface area contributed by atoms with Crippen LogP contribution in [0.15, 0.2) is 54.6 Å². The van der Waals surface area contributed by atoms with Crippen LogP contribution in [0.4, 0.5) is 19.3 Å². The van der Waals surface area contributed by atoms with Gasteiger partial charge in [-0.2, -0.15) is 0 Å². The number of ketones is 2. The lowest BCUT2D eigenvalue weighted by atomic mass is 10.0. The molecule has 0 radical (unpaired) electrons. The van der Waals surface area contributed by atoms with Crippen molar-refractivity contribution in [1.82, 2.24) is 10.2 Å². The quantitative estimate of drug-likeness (QED) is 0.221. The summed E-state index contributed by atoms with van der Waals surface area (Å²) in [6.07, 6.45) is 1.37. The first-order valence-corrected chi connectivity index (χ1v) is 15.6. The zero-order chi connectivity index (χ0) is 33.5. The standard InChI is InChI=1S/C35H37F2N3O7/c1-3-25(42)8-13-31(21(2)41)40-19-22-4-5-23(33(32(22)34(40)43)47-27-14-16-38-17-15-27)20-45-35(44)39-24-6-9-26(10-7-24)46-28-11-12-29(36)30(37)18-28/h4-7,9-12,18,27,31,38H,3,8,13-17,19-20H2,1-2H3,(H,39,44). The summed E-state index contributed by atoms with van der Waals surface area (Å²) in [4.78, 5) is 52.7. The molecule has 12 heteroatoms. The van der Waals surface area contributed by atoms with Crippen LogP contribution in [0.5, 0.6) is 17.2 Å². The zero-order valence-electron chi connectivity index (χ0n) is 26.3. The Labute approximate surface area is 271 Å². The Kier molecular flexibility index (Phi) is 10.8. The molecule has 5 rings (SSSR count). The van der Waals surface area contributed by atoms with Crippen molar-refractivity contribution in [3.63, 3.8) is 0 Å². The number of carbonyl (C=O) groups excluding carboxylic acids is 4. The van der Waals surface area contributed by atoms with E-state index in [1.165, 1.54) is 17.9 Å². The Hall–Kier alpha value is -4.84. The number of halogens is 2. The molecule has 1 atom stereocenters. The van der Waals surface area contributed by atoms with E-state index >= 15 is 0 Å². The fourth-order valence-corrected chi connectivity index (χ4v) is 5.64. The molecule has 1 saturated heterocycles.